The largest absolute Gasteiger partial charge is 0.507 e. The van der Waals surface area contributed by atoms with E-state index in [4.69, 9.17) is 32.7 Å². The van der Waals surface area contributed by atoms with Gasteiger partial charge in [-0.3, -0.25) is 9.59 Å². The average Bonchev–Trinajstić information content (AvgIpc) is 3.13. The number of halogens is 3. The summed E-state index contributed by atoms with van der Waals surface area (Å²) in [7, 11) is 1.49. The first-order chi connectivity index (χ1) is 17.3. The lowest BCUT2D eigenvalue weighted by Gasteiger charge is -2.25. The van der Waals surface area contributed by atoms with Gasteiger partial charge in [-0.2, -0.15) is 0 Å². The summed E-state index contributed by atoms with van der Waals surface area (Å²) in [5.41, 5.74) is 1.50. The van der Waals surface area contributed by atoms with Crippen LogP contribution >= 0.6 is 23.2 Å². The minimum Gasteiger partial charge on any atom is -0.507 e. The number of rotatable bonds is 8. The molecule has 1 N–H and O–H groups in total. The molecule has 1 aliphatic rings. The molecule has 0 radical (unpaired) electrons. The van der Waals surface area contributed by atoms with Gasteiger partial charge in [-0.1, -0.05) is 47.5 Å². The van der Waals surface area contributed by atoms with Gasteiger partial charge in [-0.15, -0.1) is 0 Å². The molecule has 1 amide bonds. The number of hydrogen-bond donors (Lipinski definition) is 1. The molecule has 3 aromatic carbocycles. The summed E-state index contributed by atoms with van der Waals surface area (Å²) < 4.78 is 24.2. The van der Waals surface area contributed by atoms with Gasteiger partial charge in [0.25, 0.3) is 11.7 Å². The van der Waals surface area contributed by atoms with Crippen molar-refractivity contribution in [3.8, 4) is 5.75 Å². The standard InChI is InChI=1S/C27H22Cl2FNO5/c1-35-12-11-31-24(17-3-2-4-20(13-17)36-15-16-5-8-19(30)9-6-16)23(26(33)27(31)34)25(32)18-7-10-21(28)22(29)14-18/h2-10,13-14,24,32H,11-12,15H2,1H3/b25-23-. The smallest absolute Gasteiger partial charge is 0.295 e. The van der Waals surface area contributed by atoms with E-state index in [2.05, 4.69) is 0 Å². The predicted molar refractivity (Wildman–Crippen MR) is 135 cm³/mol. The summed E-state index contributed by atoms with van der Waals surface area (Å²) in [6.07, 6.45) is 0. The molecule has 1 saturated heterocycles. The van der Waals surface area contributed by atoms with Crippen LogP contribution in [0.3, 0.4) is 0 Å². The first kappa shape index (κ1) is 25.7. The molecule has 0 bridgehead atoms. The van der Waals surface area contributed by atoms with Crippen LogP contribution in [0, 0.1) is 5.82 Å². The number of carbonyl (C=O) groups is 2. The number of ketones is 1. The zero-order valence-corrected chi connectivity index (χ0v) is 20.7. The van der Waals surface area contributed by atoms with Crippen molar-refractivity contribution in [2.45, 2.75) is 12.6 Å². The Bertz CT molecular complexity index is 1330. The van der Waals surface area contributed by atoms with Gasteiger partial charge in [0.05, 0.1) is 28.3 Å². The van der Waals surface area contributed by atoms with Crippen LogP contribution in [-0.4, -0.2) is 42.0 Å². The molecule has 1 fully saturated rings. The molecule has 1 unspecified atom stereocenters. The number of amides is 1. The van der Waals surface area contributed by atoms with E-state index in [0.717, 1.165) is 5.56 Å². The normalized spacial score (nSPS) is 17.0. The second-order valence-electron chi connectivity index (χ2n) is 8.10. The van der Waals surface area contributed by atoms with E-state index in [1.165, 1.54) is 42.3 Å². The average molecular weight is 530 g/mol. The zero-order chi connectivity index (χ0) is 25.8. The first-order valence-corrected chi connectivity index (χ1v) is 11.8. The molecule has 3 aromatic rings. The Hall–Kier alpha value is -3.39. The SMILES string of the molecule is COCCN1C(=O)C(=O)/C(=C(\O)c2ccc(Cl)c(Cl)c2)C1c1cccc(OCc2ccc(F)cc2)c1. The summed E-state index contributed by atoms with van der Waals surface area (Å²) in [5.74, 6) is -1.81. The zero-order valence-electron chi connectivity index (χ0n) is 19.2. The minimum atomic E-state index is -0.885. The predicted octanol–water partition coefficient (Wildman–Crippen LogP) is 5.78. The maximum absolute atomic E-state index is 13.2. The van der Waals surface area contributed by atoms with E-state index in [-0.39, 0.29) is 52.5 Å². The fourth-order valence-electron chi connectivity index (χ4n) is 3.97. The Morgan fingerprint density at radius 3 is 2.47 bits per heavy atom. The van der Waals surface area contributed by atoms with E-state index in [1.54, 1.807) is 36.4 Å². The summed E-state index contributed by atoms with van der Waals surface area (Å²) in [6.45, 7) is 0.512. The number of carbonyl (C=O) groups excluding carboxylic acids is 2. The molecule has 0 spiro atoms. The van der Waals surface area contributed by atoms with Crippen LogP contribution in [0.1, 0.15) is 22.7 Å². The van der Waals surface area contributed by atoms with Crippen LogP contribution in [-0.2, 0) is 20.9 Å². The molecule has 1 atom stereocenters. The Balaban J connectivity index is 1.73. The van der Waals surface area contributed by atoms with Crippen LogP contribution in [0.15, 0.2) is 72.3 Å². The van der Waals surface area contributed by atoms with Crippen molar-refractivity contribution < 1.29 is 28.6 Å². The van der Waals surface area contributed by atoms with E-state index in [9.17, 15) is 19.1 Å². The van der Waals surface area contributed by atoms with Gasteiger partial charge in [-0.05, 0) is 53.6 Å². The number of aliphatic hydroxyl groups is 1. The second-order valence-corrected chi connectivity index (χ2v) is 8.92. The molecule has 1 aliphatic heterocycles. The van der Waals surface area contributed by atoms with Crippen molar-refractivity contribution >= 4 is 40.7 Å². The van der Waals surface area contributed by atoms with Crippen molar-refractivity contribution in [1.82, 2.24) is 4.90 Å². The Labute approximate surface area is 217 Å². The van der Waals surface area contributed by atoms with Crippen LogP contribution in [0.25, 0.3) is 5.76 Å². The van der Waals surface area contributed by atoms with E-state index < -0.39 is 17.7 Å². The molecule has 9 heteroatoms. The quantitative estimate of drug-likeness (QED) is 0.227. The number of aliphatic hydroxyl groups excluding tert-OH is 1. The number of Topliss-reactive ketones (excluding diaryl/α,β-unsaturated/α-hetero) is 1. The van der Waals surface area contributed by atoms with Crippen LogP contribution in [0.2, 0.25) is 10.0 Å². The molecule has 4 rings (SSSR count). The maximum Gasteiger partial charge on any atom is 0.295 e. The molecule has 0 aliphatic carbocycles. The van der Waals surface area contributed by atoms with Crippen LogP contribution in [0.4, 0.5) is 4.39 Å². The van der Waals surface area contributed by atoms with Gasteiger partial charge in [-0.25, -0.2) is 4.39 Å². The van der Waals surface area contributed by atoms with Gasteiger partial charge >= 0.3 is 0 Å². The summed E-state index contributed by atoms with van der Waals surface area (Å²) >= 11 is 12.1. The maximum atomic E-state index is 13.2. The Morgan fingerprint density at radius 2 is 1.78 bits per heavy atom. The fourth-order valence-corrected chi connectivity index (χ4v) is 4.27. The van der Waals surface area contributed by atoms with Crippen molar-refractivity contribution in [3.63, 3.8) is 0 Å². The minimum absolute atomic E-state index is 0.0785. The van der Waals surface area contributed by atoms with Crippen LogP contribution < -0.4 is 4.74 Å². The van der Waals surface area contributed by atoms with Crippen molar-refractivity contribution in [1.29, 1.82) is 0 Å². The first-order valence-electron chi connectivity index (χ1n) is 11.0. The topological polar surface area (TPSA) is 76.1 Å². The van der Waals surface area contributed by atoms with Gasteiger partial charge in [0.15, 0.2) is 0 Å². The lowest BCUT2D eigenvalue weighted by atomic mass is 9.95. The van der Waals surface area contributed by atoms with Gasteiger partial charge in [0.2, 0.25) is 0 Å². The molecule has 36 heavy (non-hydrogen) atoms. The monoisotopic (exact) mass is 529 g/mol. The fraction of sp³-hybridized carbons (Fsp3) is 0.185. The molecular weight excluding hydrogens is 508 g/mol. The molecule has 0 saturated carbocycles. The Morgan fingerprint density at radius 1 is 1.03 bits per heavy atom. The number of ether oxygens (including phenoxy) is 2. The summed E-state index contributed by atoms with van der Waals surface area (Å²) in [4.78, 5) is 27.4. The van der Waals surface area contributed by atoms with E-state index in [1.807, 2.05) is 0 Å². The number of methoxy groups -OCH3 is 1. The highest BCUT2D eigenvalue weighted by Crippen LogP contribution is 2.40. The molecule has 1 heterocycles. The lowest BCUT2D eigenvalue weighted by molar-refractivity contribution is -0.140. The third-order valence-corrected chi connectivity index (χ3v) is 6.50. The lowest BCUT2D eigenvalue weighted by Crippen LogP contribution is -2.32. The Kier molecular flexibility index (Phi) is 7.94. The van der Waals surface area contributed by atoms with Gasteiger partial charge in [0.1, 0.15) is 23.9 Å². The van der Waals surface area contributed by atoms with Crippen molar-refractivity contribution in [2.24, 2.45) is 0 Å². The number of benzene rings is 3. The number of hydrogen-bond acceptors (Lipinski definition) is 5. The van der Waals surface area contributed by atoms with E-state index >= 15 is 0 Å². The summed E-state index contributed by atoms with van der Waals surface area (Å²) in [5, 5.41) is 11.6. The highest BCUT2D eigenvalue weighted by molar-refractivity contribution is 6.46. The van der Waals surface area contributed by atoms with Crippen molar-refractivity contribution in [3.05, 3.63) is 105 Å². The third kappa shape index (κ3) is 5.38. The number of likely N-dealkylation sites (tertiary alicyclic amines) is 1. The van der Waals surface area contributed by atoms with Crippen LogP contribution in [0.5, 0.6) is 5.75 Å². The second kappa shape index (κ2) is 11.1. The third-order valence-electron chi connectivity index (χ3n) is 5.76. The molecule has 6 nitrogen and oxygen atoms in total. The summed E-state index contributed by atoms with van der Waals surface area (Å²) in [6, 6.07) is 16.4. The van der Waals surface area contributed by atoms with Crippen molar-refractivity contribution in [2.75, 3.05) is 20.3 Å². The molecule has 0 aromatic heterocycles. The molecule has 186 valence electrons. The molecular formula is C27H22Cl2FNO5. The van der Waals surface area contributed by atoms with Gasteiger partial charge in [0, 0.05) is 19.2 Å². The number of nitrogens with zero attached hydrogens (tertiary/aromatic N) is 1. The highest BCUT2D eigenvalue weighted by Gasteiger charge is 2.46. The highest BCUT2D eigenvalue weighted by atomic mass is 35.5. The van der Waals surface area contributed by atoms with E-state index in [0.29, 0.717) is 11.3 Å². The van der Waals surface area contributed by atoms with Gasteiger partial charge < -0.3 is 19.5 Å².